The molecular weight excluding hydrogens is 226 g/mol. The second-order valence-electron chi connectivity index (χ2n) is 4.80. The minimum absolute atomic E-state index is 0.348. The van der Waals surface area contributed by atoms with E-state index in [2.05, 4.69) is 17.2 Å². The van der Waals surface area contributed by atoms with Crippen molar-refractivity contribution in [2.75, 3.05) is 5.73 Å². The van der Waals surface area contributed by atoms with Crippen molar-refractivity contribution in [1.82, 2.24) is 9.78 Å². The number of nitrogen functional groups attached to an aromatic ring is 1. The minimum Gasteiger partial charge on any atom is -0.396 e. The van der Waals surface area contributed by atoms with Gasteiger partial charge in [0.05, 0.1) is 30.6 Å². The smallest absolute Gasteiger partial charge is 0.0720 e. The minimum atomic E-state index is 0.348. The largest absolute Gasteiger partial charge is 0.396 e. The van der Waals surface area contributed by atoms with Gasteiger partial charge in [-0.25, -0.2) is 0 Å². The molecule has 0 unspecified atom stereocenters. The second-order valence-corrected chi connectivity index (χ2v) is 4.80. The van der Waals surface area contributed by atoms with Crippen molar-refractivity contribution in [3.63, 3.8) is 0 Å². The standard InChI is InChI=1S/C14H17N3O/c15-12-8-16-17(9-12)13-6-14(7-13)18-10-11-4-2-1-3-5-11/h1-5,8-9,13-14H,6-7,10,15H2. The first kappa shape index (κ1) is 11.3. The number of nitrogens with two attached hydrogens (primary N) is 1. The zero-order chi connectivity index (χ0) is 12.4. The maximum absolute atomic E-state index is 5.85. The van der Waals surface area contributed by atoms with Crippen LogP contribution in [0.4, 0.5) is 5.69 Å². The number of rotatable bonds is 4. The van der Waals surface area contributed by atoms with E-state index in [1.807, 2.05) is 29.1 Å². The van der Waals surface area contributed by atoms with E-state index >= 15 is 0 Å². The van der Waals surface area contributed by atoms with E-state index < -0.39 is 0 Å². The molecule has 2 aromatic rings. The molecule has 2 N–H and O–H groups in total. The van der Waals surface area contributed by atoms with Crippen LogP contribution in [0, 0.1) is 0 Å². The number of benzene rings is 1. The third-order valence-corrected chi connectivity index (χ3v) is 3.39. The zero-order valence-corrected chi connectivity index (χ0v) is 10.2. The van der Waals surface area contributed by atoms with E-state index in [1.165, 1.54) is 5.56 Å². The molecule has 0 saturated heterocycles. The van der Waals surface area contributed by atoms with Crippen molar-refractivity contribution in [2.45, 2.75) is 31.6 Å². The van der Waals surface area contributed by atoms with Gasteiger partial charge in [0.15, 0.2) is 0 Å². The predicted molar refractivity (Wildman–Crippen MR) is 69.9 cm³/mol. The van der Waals surface area contributed by atoms with Crippen LogP contribution in [0.3, 0.4) is 0 Å². The molecular formula is C14H17N3O. The van der Waals surface area contributed by atoms with Gasteiger partial charge in [-0.15, -0.1) is 0 Å². The zero-order valence-electron chi connectivity index (χ0n) is 10.2. The third kappa shape index (κ3) is 2.38. The van der Waals surface area contributed by atoms with Crippen LogP contribution in [0.5, 0.6) is 0 Å². The van der Waals surface area contributed by atoms with Crippen LogP contribution in [-0.2, 0) is 11.3 Å². The van der Waals surface area contributed by atoms with Crippen molar-refractivity contribution in [2.24, 2.45) is 0 Å². The van der Waals surface area contributed by atoms with Crippen molar-refractivity contribution in [1.29, 1.82) is 0 Å². The summed E-state index contributed by atoms with van der Waals surface area (Å²) in [7, 11) is 0. The highest BCUT2D eigenvalue weighted by molar-refractivity contribution is 5.30. The van der Waals surface area contributed by atoms with Crippen molar-refractivity contribution in [3.05, 3.63) is 48.3 Å². The Hall–Kier alpha value is -1.81. The molecule has 0 spiro atoms. The van der Waals surface area contributed by atoms with Gasteiger partial charge in [0, 0.05) is 6.20 Å². The van der Waals surface area contributed by atoms with Crippen LogP contribution in [0.25, 0.3) is 0 Å². The molecule has 0 aliphatic heterocycles. The molecule has 0 amide bonds. The lowest BCUT2D eigenvalue weighted by Crippen LogP contribution is -2.33. The quantitative estimate of drug-likeness (QED) is 0.897. The SMILES string of the molecule is Nc1cnn(C2CC(OCc3ccccc3)C2)c1. The van der Waals surface area contributed by atoms with E-state index in [4.69, 9.17) is 10.5 Å². The van der Waals surface area contributed by atoms with E-state index in [-0.39, 0.29) is 0 Å². The molecule has 1 heterocycles. The molecule has 4 nitrogen and oxygen atoms in total. The number of ether oxygens (including phenoxy) is 1. The molecule has 0 radical (unpaired) electrons. The summed E-state index contributed by atoms with van der Waals surface area (Å²) >= 11 is 0. The number of nitrogens with zero attached hydrogens (tertiary/aromatic N) is 2. The van der Waals surface area contributed by atoms with Crippen molar-refractivity contribution in [3.8, 4) is 0 Å². The summed E-state index contributed by atoms with van der Waals surface area (Å²) in [5.74, 6) is 0. The monoisotopic (exact) mass is 243 g/mol. The molecule has 18 heavy (non-hydrogen) atoms. The maximum atomic E-state index is 5.85. The number of hydrogen-bond donors (Lipinski definition) is 1. The summed E-state index contributed by atoms with van der Waals surface area (Å²) < 4.78 is 7.79. The van der Waals surface area contributed by atoms with Crippen LogP contribution in [0.1, 0.15) is 24.4 Å². The highest BCUT2D eigenvalue weighted by atomic mass is 16.5. The van der Waals surface area contributed by atoms with E-state index in [0.717, 1.165) is 18.5 Å². The molecule has 1 aromatic heterocycles. The first-order valence-corrected chi connectivity index (χ1v) is 6.26. The van der Waals surface area contributed by atoms with Gasteiger partial charge < -0.3 is 10.5 Å². The summed E-state index contributed by atoms with van der Waals surface area (Å²) in [6.07, 6.45) is 5.97. The van der Waals surface area contributed by atoms with Gasteiger partial charge in [0.2, 0.25) is 0 Å². The molecule has 1 aliphatic rings. The average Bonchev–Trinajstić information content (AvgIpc) is 2.75. The molecule has 0 atom stereocenters. The molecule has 94 valence electrons. The Kier molecular flexibility index (Phi) is 3.02. The van der Waals surface area contributed by atoms with Gasteiger partial charge in [-0.05, 0) is 18.4 Å². The average molecular weight is 243 g/mol. The van der Waals surface area contributed by atoms with Gasteiger partial charge in [-0.1, -0.05) is 30.3 Å². The van der Waals surface area contributed by atoms with Crippen LogP contribution in [0.15, 0.2) is 42.7 Å². The lowest BCUT2D eigenvalue weighted by molar-refractivity contribution is -0.0383. The number of hydrogen-bond acceptors (Lipinski definition) is 3. The van der Waals surface area contributed by atoms with Crippen LogP contribution < -0.4 is 5.73 Å². The summed E-state index contributed by atoms with van der Waals surface area (Å²) in [6, 6.07) is 10.7. The summed E-state index contributed by atoms with van der Waals surface area (Å²) in [6.45, 7) is 0.694. The Morgan fingerprint density at radius 2 is 2.06 bits per heavy atom. The molecule has 4 heteroatoms. The molecule has 1 aromatic carbocycles. The maximum Gasteiger partial charge on any atom is 0.0720 e. The second kappa shape index (κ2) is 4.82. The molecule has 1 aliphatic carbocycles. The summed E-state index contributed by atoms with van der Waals surface area (Å²) in [4.78, 5) is 0. The summed E-state index contributed by atoms with van der Waals surface area (Å²) in [5, 5.41) is 4.23. The molecule has 0 bridgehead atoms. The third-order valence-electron chi connectivity index (χ3n) is 3.39. The lowest BCUT2D eigenvalue weighted by Gasteiger charge is -2.35. The lowest BCUT2D eigenvalue weighted by atomic mass is 9.89. The van der Waals surface area contributed by atoms with Crippen molar-refractivity contribution >= 4 is 5.69 Å². The Balaban J connectivity index is 1.46. The highest BCUT2D eigenvalue weighted by Crippen LogP contribution is 2.34. The van der Waals surface area contributed by atoms with Gasteiger partial charge in [0.25, 0.3) is 0 Å². The number of aromatic nitrogens is 2. The van der Waals surface area contributed by atoms with Crippen molar-refractivity contribution < 1.29 is 4.74 Å². The fraction of sp³-hybridized carbons (Fsp3) is 0.357. The van der Waals surface area contributed by atoms with Gasteiger partial charge in [-0.2, -0.15) is 5.10 Å². The fourth-order valence-electron chi connectivity index (χ4n) is 2.23. The van der Waals surface area contributed by atoms with Gasteiger partial charge in [0.1, 0.15) is 0 Å². The van der Waals surface area contributed by atoms with Crippen LogP contribution in [0.2, 0.25) is 0 Å². The number of anilines is 1. The van der Waals surface area contributed by atoms with E-state index in [0.29, 0.717) is 18.8 Å². The van der Waals surface area contributed by atoms with Gasteiger partial charge in [-0.3, -0.25) is 4.68 Å². The molecule has 1 fully saturated rings. The Morgan fingerprint density at radius 3 is 2.72 bits per heavy atom. The Bertz CT molecular complexity index is 503. The topological polar surface area (TPSA) is 53.1 Å². The normalized spacial score (nSPS) is 22.7. The summed E-state index contributed by atoms with van der Waals surface area (Å²) in [5.41, 5.74) is 7.60. The Labute approximate surface area is 106 Å². The highest BCUT2D eigenvalue weighted by Gasteiger charge is 2.31. The Morgan fingerprint density at radius 1 is 1.28 bits per heavy atom. The van der Waals surface area contributed by atoms with Crippen LogP contribution in [-0.4, -0.2) is 15.9 Å². The fourth-order valence-corrected chi connectivity index (χ4v) is 2.23. The first-order chi connectivity index (χ1) is 8.81. The van der Waals surface area contributed by atoms with Crippen LogP contribution >= 0.6 is 0 Å². The van der Waals surface area contributed by atoms with Gasteiger partial charge >= 0.3 is 0 Å². The first-order valence-electron chi connectivity index (χ1n) is 6.26. The van der Waals surface area contributed by atoms with E-state index in [9.17, 15) is 0 Å². The van der Waals surface area contributed by atoms with E-state index in [1.54, 1.807) is 6.20 Å². The molecule has 1 saturated carbocycles. The molecule has 3 rings (SSSR count). The predicted octanol–water partition coefficient (Wildman–Crippen LogP) is 2.39.